The van der Waals surface area contributed by atoms with Crippen molar-refractivity contribution in [3.8, 4) is 0 Å². The topological polar surface area (TPSA) is 81.8 Å². The van der Waals surface area contributed by atoms with Crippen LogP contribution in [0.3, 0.4) is 0 Å². The molecule has 5 nitrogen and oxygen atoms in total. The lowest BCUT2D eigenvalue weighted by atomic mass is 10.7. The molecule has 0 atom stereocenters. The summed E-state index contributed by atoms with van der Waals surface area (Å²) in [5, 5.41) is 0. The van der Waals surface area contributed by atoms with Gasteiger partial charge in [0, 0.05) is 7.05 Å². The number of hydrogen-bond donors (Lipinski definition) is 1. The monoisotopic (exact) mass is 176 g/mol. The quantitative estimate of drug-likeness (QED) is 0.336. The van der Waals surface area contributed by atoms with Gasteiger partial charge in [0.1, 0.15) is 12.5 Å². The van der Waals surface area contributed by atoms with Gasteiger partial charge in [0.05, 0.1) is 7.11 Å². The lowest BCUT2D eigenvalue weighted by Gasteiger charge is -1.83. The second-order valence-corrected chi connectivity index (χ2v) is 1.15. The molecule has 0 radical (unpaired) electrons. The van der Waals surface area contributed by atoms with Crippen LogP contribution in [0.2, 0.25) is 0 Å². The Kier molecular flexibility index (Phi) is 32.0. The van der Waals surface area contributed by atoms with Crippen molar-refractivity contribution in [2.45, 2.75) is 6.92 Å². The molecule has 0 aliphatic heterocycles. The molecule has 12 heavy (non-hydrogen) atoms. The number of carbonyl (C=O) groups is 2. The van der Waals surface area contributed by atoms with E-state index in [-0.39, 0.29) is 0 Å². The first-order chi connectivity index (χ1) is 5.72. The minimum atomic E-state index is -0.414. The molecule has 0 aromatic heterocycles. The highest BCUT2D eigenvalue weighted by molar-refractivity contribution is 6.22. The van der Waals surface area contributed by atoms with E-state index in [1.807, 2.05) is 0 Å². The number of nitrogens with two attached hydrogens (primary N) is 1. The first kappa shape index (κ1) is 17.0. The van der Waals surface area contributed by atoms with Gasteiger partial charge in [-0.1, -0.05) is 0 Å². The Balaban J connectivity index is -0.000000137. The van der Waals surface area contributed by atoms with Gasteiger partial charge in [0.2, 0.25) is 0 Å². The first-order valence-corrected chi connectivity index (χ1v) is 3.20. The van der Waals surface area contributed by atoms with Gasteiger partial charge < -0.3 is 15.3 Å². The summed E-state index contributed by atoms with van der Waals surface area (Å²) in [6.45, 7) is 1.44. The number of ether oxygens (including phenoxy) is 1. The van der Waals surface area contributed by atoms with Gasteiger partial charge >= 0.3 is 5.97 Å². The van der Waals surface area contributed by atoms with Gasteiger partial charge in [-0.15, -0.1) is 0 Å². The molecule has 0 aromatic carbocycles. The van der Waals surface area contributed by atoms with Crippen LogP contribution >= 0.6 is 0 Å². The van der Waals surface area contributed by atoms with Crippen LogP contribution in [0.4, 0.5) is 0 Å². The number of esters is 1. The molecule has 0 rings (SSSR count). The summed E-state index contributed by atoms with van der Waals surface area (Å²) in [4.78, 5) is 22.3. The number of carbonyl (C=O) groups excluding carboxylic acids is 2. The third-order valence-corrected chi connectivity index (χ3v) is 0.436. The summed E-state index contributed by atoms with van der Waals surface area (Å²) in [6.07, 6.45) is 1.86. The van der Waals surface area contributed by atoms with Crippen LogP contribution < -0.4 is 5.73 Å². The van der Waals surface area contributed by atoms with Gasteiger partial charge in [0.15, 0.2) is 0 Å². The maximum Gasteiger partial charge on any atom is 0.348 e. The van der Waals surface area contributed by atoms with Crippen molar-refractivity contribution in [2.75, 3.05) is 21.2 Å². The van der Waals surface area contributed by atoms with Crippen molar-refractivity contribution in [3.05, 3.63) is 0 Å². The molecule has 0 saturated carbocycles. The van der Waals surface area contributed by atoms with Gasteiger partial charge in [-0.2, -0.15) is 0 Å². The van der Waals surface area contributed by atoms with Gasteiger partial charge in [-0.25, -0.2) is 4.79 Å². The van der Waals surface area contributed by atoms with Crippen LogP contribution in [-0.4, -0.2) is 39.7 Å². The summed E-state index contributed by atoms with van der Waals surface area (Å²) >= 11 is 0. The highest BCUT2D eigenvalue weighted by Crippen LogP contribution is 1.63. The molecular weight excluding hydrogens is 160 g/mol. The van der Waals surface area contributed by atoms with Crippen LogP contribution in [0, 0.1) is 0 Å². The van der Waals surface area contributed by atoms with Crippen molar-refractivity contribution >= 4 is 18.5 Å². The molecule has 0 bridgehead atoms. The van der Waals surface area contributed by atoms with Crippen LogP contribution in [0.5, 0.6) is 0 Å². The predicted octanol–water partition coefficient (Wildman–Crippen LogP) is -0.360. The Hall–Kier alpha value is -1.23. The number of methoxy groups -OCH3 is 1. The van der Waals surface area contributed by atoms with Crippen molar-refractivity contribution in [1.82, 2.24) is 0 Å². The summed E-state index contributed by atoms with van der Waals surface area (Å²) in [6, 6.07) is 0. The molecule has 0 heterocycles. The zero-order valence-corrected chi connectivity index (χ0v) is 7.90. The zero-order valence-electron chi connectivity index (χ0n) is 7.90. The largest absolute Gasteiger partial charge is 0.465 e. The molecule has 0 aliphatic carbocycles. The van der Waals surface area contributed by atoms with E-state index in [9.17, 15) is 4.79 Å². The maximum absolute atomic E-state index is 10.0. The van der Waals surface area contributed by atoms with Crippen LogP contribution in [0.15, 0.2) is 4.99 Å². The summed E-state index contributed by atoms with van der Waals surface area (Å²) in [5.74, 6) is -0.414. The van der Waals surface area contributed by atoms with Crippen LogP contribution in [0.25, 0.3) is 0 Å². The second-order valence-electron chi connectivity index (χ2n) is 1.15. The summed E-state index contributed by atoms with van der Waals surface area (Å²) in [5.41, 5.74) is 4.50. The van der Waals surface area contributed by atoms with E-state index >= 15 is 0 Å². The molecule has 0 saturated heterocycles. The van der Waals surface area contributed by atoms with Crippen molar-refractivity contribution < 1.29 is 14.3 Å². The fourth-order valence-corrected chi connectivity index (χ4v) is 0.158. The molecule has 0 unspecified atom stereocenters. The molecule has 0 aliphatic rings. The normalized spacial score (nSPS) is 7.08. The predicted molar refractivity (Wildman–Crippen MR) is 48.3 cm³/mol. The Morgan fingerprint density at radius 3 is 1.92 bits per heavy atom. The Morgan fingerprint density at radius 2 is 1.83 bits per heavy atom. The number of nitrogens with zero attached hydrogens (tertiary/aromatic N) is 1. The second kappa shape index (κ2) is 22.6. The molecule has 5 heteroatoms. The number of rotatable bonds is 1. The van der Waals surface area contributed by atoms with Crippen molar-refractivity contribution in [3.63, 3.8) is 0 Å². The van der Waals surface area contributed by atoms with Crippen LogP contribution in [0.1, 0.15) is 6.92 Å². The Bertz CT molecular complexity index is 124. The molecule has 2 N–H and O–H groups in total. The van der Waals surface area contributed by atoms with Crippen molar-refractivity contribution in [2.24, 2.45) is 10.7 Å². The minimum Gasteiger partial charge on any atom is -0.465 e. The Labute approximate surface area is 72.6 Å². The average Bonchev–Trinajstić information content (AvgIpc) is 2.10. The SMILES string of the molecule is CC=O.CN.CN=CC(=O)OC. The smallest absolute Gasteiger partial charge is 0.348 e. The standard InChI is InChI=1S/C4H7NO2.C2H4O.CH5N/c1-5-3-4(6)7-2;1-2-3;1-2/h3H,1-2H3;2H,1H3;2H2,1H3. The van der Waals surface area contributed by atoms with Crippen molar-refractivity contribution in [1.29, 1.82) is 0 Å². The molecule has 0 fully saturated rings. The van der Waals surface area contributed by atoms with Crippen LogP contribution in [-0.2, 0) is 14.3 Å². The van der Waals surface area contributed by atoms with E-state index in [2.05, 4.69) is 15.5 Å². The zero-order chi connectivity index (χ0) is 10.4. The number of hydrogen-bond acceptors (Lipinski definition) is 5. The third-order valence-electron chi connectivity index (χ3n) is 0.436. The lowest BCUT2D eigenvalue weighted by Crippen LogP contribution is -1.99. The Morgan fingerprint density at radius 1 is 1.50 bits per heavy atom. The fourth-order valence-electron chi connectivity index (χ4n) is 0.158. The molecule has 0 amide bonds. The van der Waals surface area contributed by atoms with E-state index in [0.717, 1.165) is 12.5 Å². The molecular formula is C7H16N2O3. The highest BCUT2D eigenvalue weighted by Gasteiger charge is 1.86. The lowest BCUT2D eigenvalue weighted by molar-refractivity contribution is -0.132. The van der Waals surface area contributed by atoms with Gasteiger partial charge in [-0.05, 0) is 14.0 Å². The number of aliphatic imine (C=N–C) groups is 1. The van der Waals surface area contributed by atoms with Gasteiger partial charge in [-0.3, -0.25) is 4.99 Å². The maximum atomic E-state index is 10.0. The van der Waals surface area contributed by atoms with E-state index in [4.69, 9.17) is 4.79 Å². The van der Waals surface area contributed by atoms with Gasteiger partial charge in [0.25, 0.3) is 0 Å². The minimum absolute atomic E-state index is 0.414. The molecule has 72 valence electrons. The molecule has 0 spiro atoms. The fraction of sp³-hybridized carbons (Fsp3) is 0.571. The average molecular weight is 176 g/mol. The van der Waals surface area contributed by atoms with E-state index in [1.165, 1.54) is 28.1 Å². The first-order valence-electron chi connectivity index (χ1n) is 3.20. The number of aldehydes is 1. The molecule has 0 aromatic rings. The van der Waals surface area contributed by atoms with E-state index in [0.29, 0.717) is 0 Å². The summed E-state index contributed by atoms with van der Waals surface area (Å²) < 4.78 is 4.20. The highest BCUT2D eigenvalue weighted by atomic mass is 16.5. The van der Waals surface area contributed by atoms with E-state index < -0.39 is 5.97 Å². The third kappa shape index (κ3) is 37.3. The van der Waals surface area contributed by atoms with E-state index in [1.54, 1.807) is 0 Å². The summed E-state index contributed by atoms with van der Waals surface area (Å²) in [7, 11) is 4.32.